The summed E-state index contributed by atoms with van der Waals surface area (Å²) in [5, 5.41) is 20.0. The van der Waals surface area contributed by atoms with E-state index in [2.05, 4.69) is 39.6 Å². The summed E-state index contributed by atoms with van der Waals surface area (Å²) >= 11 is 0. The van der Waals surface area contributed by atoms with Crippen molar-refractivity contribution in [2.45, 2.75) is 39.8 Å². The second-order valence-electron chi connectivity index (χ2n) is 5.53. The Balaban J connectivity index is 1.80. The predicted octanol–water partition coefficient (Wildman–Crippen LogP) is 2.16. The normalized spacial score (nSPS) is 13.1. The summed E-state index contributed by atoms with van der Waals surface area (Å²) in [6.07, 6.45) is 2.72. The number of aromatic nitrogens is 5. The van der Waals surface area contributed by atoms with E-state index >= 15 is 0 Å². The van der Waals surface area contributed by atoms with Crippen molar-refractivity contribution in [3.8, 4) is 0 Å². The molecule has 0 fully saturated rings. The van der Waals surface area contributed by atoms with Crippen LogP contribution in [0.2, 0.25) is 0 Å². The molecule has 3 heterocycles. The van der Waals surface area contributed by atoms with Gasteiger partial charge in [0.15, 0.2) is 11.5 Å². The van der Waals surface area contributed by atoms with E-state index in [4.69, 9.17) is 4.42 Å². The van der Waals surface area contributed by atoms with Gasteiger partial charge >= 0.3 is 0 Å². The highest BCUT2D eigenvalue weighted by molar-refractivity contribution is 5.37. The van der Waals surface area contributed by atoms with Gasteiger partial charge < -0.3 is 4.42 Å². The molecule has 116 valence electrons. The molecule has 0 bridgehead atoms. The lowest BCUT2D eigenvalue weighted by Gasteiger charge is -2.19. The van der Waals surface area contributed by atoms with Crippen LogP contribution in [0.1, 0.15) is 44.4 Å². The van der Waals surface area contributed by atoms with Crippen LogP contribution in [-0.2, 0) is 13.0 Å². The molecule has 0 saturated carbocycles. The van der Waals surface area contributed by atoms with Gasteiger partial charge in [-0.2, -0.15) is 0 Å². The average Bonchev–Trinajstić information content (AvgIpc) is 3.14. The Morgan fingerprint density at radius 1 is 1.14 bits per heavy atom. The summed E-state index contributed by atoms with van der Waals surface area (Å²) in [6.45, 7) is 6.79. The fourth-order valence-corrected chi connectivity index (χ4v) is 2.40. The molecule has 1 unspecified atom stereocenters. The quantitative estimate of drug-likeness (QED) is 0.751. The molecule has 22 heavy (non-hydrogen) atoms. The van der Waals surface area contributed by atoms with Gasteiger partial charge in [0, 0.05) is 12.6 Å². The fraction of sp³-hybridized carbons (Fsp3) is 0.467. The molecule has 0 radical (unpaired) electrons. The summed E-state index contributed by atoms with van der Waals surface area (Å²) in [4.78, 5) is 0. The molecule has 0 aliphatic carbocycles. The summed E-state index contributed by atoms with van der Waals surface area (Å²) in [6, 6.07) is 5.92. The average molecular weight is 300 g/mol. The molecule has 3 aromatic heterocycles. The number of nitrogens with zero attached hydrogens (tertiary/aromatic N) is 5. The van der Waals surface area contributed by atoms with Gasteiger partial charge in [0.05, 0.1) is 12.6 Å². The van der Waals surface area contributed by atoms with Crippen LogP contribution in [0.15, 0.2) is 28.8 Å². The van der Waals surface area contributed by atoms with Crippen LogP contribution >= 0.6 is 0 Å². The Kier molecular flexibility index (Phi) is 4.15. The van der Waals surface area contributed by atoms with Gasteiger partial charge in [-0.1, -0.05) is 26.8 Å². The molecule has 0 saturated heterocycles. The van der Waals surface area contributed by atoms with Gasteiger partial charge in [-0.15, -0.1) is 20.4 Å². The maximum Gasteiger partial charge on any atom is 0.230 e. The number of fused-ring (bicyclic) bond motifs is 1. The van der Waals surface area contributed by atoms with Crippen molar-refractivity contribution in [3.63, 3.8) is 0 Å². The van der Waals surface area contributed by atoms with Crippen LogP contribution in [0, 0.1) is 5.92 Å². The molecule has 0 aliphatic heterocycles. The van der Waals surface area contributed by atoms with Crippen LogP contribution < -0.4 is 5.32 Å². The van der Waals surface area contributed by atoms with Gasteiger partial charge in [-0.3, -0.25) is 9.72 Å². The van der Waals surface area contributed by atoms with E-state index in [0.29, 0.717) is 24.2 Å². The minimum atomic E-state index is 0.0503. The minimum absolute atomic E-state index is 0.0503. The highest BCUT2D eigenvalue weighted by Crippen LogP contribution is 2.21. The van der Waals surface area contributed by atoms with E-state index in [1.807, 2.05) is 35.7 Å². The van der Waals surface area contributed by atoms with Crippen molar-refractivity contribution in [3.05, 3.63) is 42.0 Å². The first-order valence-corrected chi connectivity index (χ1v) is 7.53. The molecule has 7 heteroatoms. The summed E-state index contributed by atoms with van der Waals surface area (Å²) < 4.78 is 7.54. The zero-order valence-corrected chi connectivity index (χ0v) is 13.0. The van der Waals surface area contributed by atoms with Crippen molar-refractivity contribution >= 4 is 5.65 Å². The Hall–Kier alpha value is -2.28. The SMILES string of the molecule is CCc1nnc(CNC(c2nnc3ccccn23)C(C)C)o1. The van der Waals surface area contributed by atoms with E-state index in [1.165, 1.54) is 0 Å². The molecule has 1 N–H and O–H groups in total. The number of aryl methyl sites for hydroxylation is 1. The van der Waals surface area contributed by atoms with Gasteiger partial charge in [0.1, 0.15) is 0 Å². The highest BCUT2D eigenvalue weighted by Gasteiger charge is 2.21. The number of hydrogen-bond donors (Lipinski definition) is 1. The smallest absolute Gasteiger partial charge is 0.230 e. The molecule has 0 amide bonds. The first-order valence-electron chi connectivity index (χ1n) is 7.53. The van der Waals surface area contributed by atoms with Gasteiger partial charge in [-0.25, -0.2) is 0 Å². The molecule has 0 aromatic carbocycles. The Morgan fingerprint density at radius 3 is 2.68 bits per heavy atom. The number of rotatable bonds is 6. The third-order valence-electron chi connectivity index (χ3n) is 3.57. The fourth-order valence-electron chi connectivity index (χ4n) is 2.40. The van der Waals surface area contributed by atoms with Crippen LogP contribution in [-0.4, -0.2) is 24.8 Å². The van der Waals surface area contributed by atoms with Crippen molar-refractivity contribution in [2.24, 2.45) is 5.92 Å². The maximum atomic E-state index is 5.54. The predicted molar refractivity (Wildman–Crippen MR) is 81.1 cm³/mol. The molecule has 0 spiro atoms. The largest absolute Gasteiger partial charge is 0.424 e. The Morgan fingerprint density at radius 2 is 1.95 bits per heavy atom. The first kappa shape index (κ1) is 14.6. The Labute approximate surface area is 128 Å². The lowest BCUT2D eigenvalue weighted by molar-refractivity contribution is 0.357. The van der Waals surface area contributed by atoms with E-state index in [-0.39, 0.29) is 6.04 Å². The molecule has 0 aliphatic rings. The number of pyridine rings is 1. The lowest BCUT2D eigenvalue weighted by atomic mass is 10.0. The van der Waals surface area contributed by atoms with E-state index in [1.54, 1.807) is 0 Å². The van der Waals surface area contributed by atoms with Crippen LogP contribution in [0.4, 0.5) is 0 Å². The minimum Gasteiger partial charge on any atom is -0.424 e. The maximum absolute atomic E-state index is 5.54. The van der Waals surface area contributed by atoms with Crippen LogP contribution in [0.5, 0.6) is 0 Å². The zero-order chi connectivity index (χ0) is 15.5. The third kappa shape index (κ3) is 2.85. The van der Waals surface area contributed by atoms with E-state index in [0.717, 1.165) is 17.9 Å². The van der Waals surface area contributed by atoms with Gasteiger partial charge in [0.2, 0.25) is 11.8 Å². The van der Waals surface area contributed by atoms with Crippen molar-refractivity contribution in [2.75, 3.05) is 0 Å². The van der Waals surface area contributed by atoms with Crippen molar-refractivity contribution < 1.29 is 4.42 Å². The van der Waals surface area contributed by atoms with Gasteiger partial charge in [0.25, 0.3) is 0 Å². The van der Waals surface area contributed by atoms with Crippen molar-refractivity contribution in [1.82, 2.24) is 30.1 Å². The Bertz CT molecular complexity index is 747. The first-order chi connectivity index (χ1) is 10.7. The highest BCUT2D eigenvalue weighted by atomic mass is 16.4. The summed E-state index contributed by atoms with van der Waals surface area (Å²) in [5.74, 6) is 2.49. The second kappa shape index (κ2) is 6.23. The molecule has 1 atom stereocenters. The second-order valence-corrected chi connectivity index (χ2v) is 5.53. The number of nitrogens with one attached hydrogen (secondary N) is 1. The third-order valence-corrected chi connectivity index (χ3v) is 3.57. The monoisotopic (exact) mass is 300 g/mol. The number of hydrogen-bond acceptors (Lipinski definition) is 6. The van der Waals surface area contributed by atoms with E-state index < -0.39 is 0 Å². The van der Waals surface area contributed by atoms with Crippen molar-refractivity contribution in [1.29, 1.82) is 0 Å². The molecular weight excluding hydrogens is 280 g/mol. The molecule has 3 rings (SSSR count). The lowest BCUT2D eigenvalue weighted by Crippen LogP contribution is -2.27. The topological polar surface area (TPSA) is 81.1 Å². The standard InChI is InChI=1S/C15H20N6O/c1-4-12-18-19-13(22-12)9-16-14(10(2)3)15-20-17-11-7-5-6-8-21(11)15/h5-8,10,14,16H,4,9H2,1-3H3. The summed E-state index contributed by atoms with van der Waals surface area (Å²) in [5.41, 5.74) is 0.844. The van der Waals surface area contributed by atoms with E-state index in [9.17, 15) is 0 Å². The van der Waals surface area contributed by atoms with Crippen LogP contribution in [0.25, 0.3) is 5.65 Å². The van der Waals surface area contributed by atoms with Gasteiger partial charge in [-0.05, 0) is 18.1 Å². The molecular formula is C15H20N6O. The summed E-state index contributed by atoms with van der Waals surface area (Å²) in [7, 11) is 0. The molecule has 7 nitrogen and oxygen atoms in total. The zero-order valence-electron chi connectivity index (χ0n) is 13.0. The van der Waals surface area contributed by atoms with Crippen LogP contribution in [0.3, 0.4) is 0 Å². The molecule has 3 aromatic rings.